The highest BCUT2D eigenvalue weighted by molar-refractivity contribution is 5.79. The molecule has 0 fully saturated rings. The van der Waals surface area contributed by atoms with E-state index in [0.29, 0.717) is 0 Å². The van der Waals surface area contributed by atoms with Gasteiger partial charge < -0.3 is 10.6 Å². The second-order valence-electron chi connectivity index (χ2n) is 5.27. The molecule has 3 nitrogen and oxygen atoms in total. The number of carbonyl (C=O) groups excluding carboxylic acids is 1. The Morgan fingerprint density at radius 2 is 2.11 bits per heavy atom. The first-order chi connectivity index (χ1) is 8.61. The molecule has 1 aromatic rings. The predicted molar refractivity (Wildman–Crippen MR) is 73.8 cm³/mol. The molecule has 2 N–H and O–H groups in total. The van der Waals surface area contributed by atoms with Gasteiger partial charge in [-0.15, -0.1) is 0 Å². The molecule has 0 saturated heterocycles. The molecule has 98 valence electrons. The summed E-state index contributed by atoms with van der Waals surface area (Å²) < 4.78 is 0. The fourth-order valence-electron chi connectivity index (χ4n) is 2.52. The average Bonchev–Trinajstić information content (AvgIpc) is 2.77. The van der Waals surface area contributed by atoms with Crippen molar-refractivity contribution in [3.8, 4) is 0 Å². The van der Waals surface area contributed by atoms with E-state index < -0.39 is 0 Å². The molecule has 0 aromatic heterocycles. The number of carbonyl (C=O) groups is 1. The summed E-state index contributed by atoms with van der Waals surface area (Å²) in [6, 6.07) is 5.93. The molecule has 0 aliphatic carbocycles. The van der Waals surface area contributed by atoms with Crippen molar-refractivity contribution >= 4 is 11.6 Å². The third kappa shape index (κ3) is 2.66. The zero-order valence-corrected chi connectivity index (χ0v) is 11.3. The normalized spacial score (nSPS) is 15.6. The summed E-state index contributed by atoms with van der Waals surface area (Å²) in [5.41, 5.74) is 8.99. The van der Waals surface area contributed by atoms with Crippen LogP contribution in [0.3, 0.4) is 0 Å². The van der Waals surface area contributed by atoms with Crippen LogP contribution >= 0.6 is 0 Å². The highest BCUT2D eigenvalue weighted by Gasteiger charge is 2.26. The van der Waals surface area contributed by atoms with Gasteiger partial charge in [-0.25, -0.2) is 0 Å². The van der Waals surface area contributed by atoms with Gasteiger partial charge in [0.05, 0.1) is 0 Å². The van der Waals surface area contributed by atoms with Crippen LogP contribution in [0.5, 0.6) is 0 Å². The Morgan fingerprint density at radius 1 is 1.39 bits per heavy atom. The number of anilines is 1. The molecular formula is C15H22N2O. The second kappa shape index (κ2) is 5.42. The first-order valence-corrected chi connectivity index (χ1v) is 6.78. The molecule has 0 spiro atoms. The number of hydrogen-bond donors (Lipinski definition) is 1. The predicted octanol–water partition coefficient (Wildman–Crippen LogP) is 2.94. The van der Waals surface area contributed by atoms with Crippen LogP contribution < -0.4 is 5.73 Å². The lowest BCUT2D eigenvalue weighted by Gasteiger charge is -2.20. The zero-order valence-electron chi connectivity index (χ0n) is 11.3. The maximum Gasteiger partial charge on any atom is 0.226 e. The van der Waals surface area contributed by atoms with E-state index in [1.165, 1.54) is 11.1 Å². The van der Waals surface area contributed by atoms with Crippen molar-refractivity contribution in [1.29, 1.82) is 0 Å². The Hall–Kier alpha value is -1.51. The van der Waals surface area contributed by atoms with E-state index in [4.69, 9.17) is 5.73 Å². The minimum absolute atomic E-state index is 0.136. The quantitative estimate of drug-likeness (QED) is 0.830. The van der Waals surface area contributed by atoms with Crippen molar-refractivity contribution in [1.82, 2.24) is 4.90 Å². The Labute approximate surface area is 109 Å². The smallest absolute Gasteiger partial charge is 0.226 e. The second-order valence-corrected chi connectivity index (χ2v) is 5.27. The van der Waals surface area contributed by atoms with Gasteiger partial charge in [0.1, 0.15) is 0 Å². The van der Waals surface area contributed by atoms with E-state index in [1.807, 2.05) is 30.0 Å². The number of nitrogen functional groups attached to an aromatic ring is 1. The highest BCUT2D eigenvalue weighted by atomic mass is 16.2. The fraction of sp³-hybridized carbons (Fsp3) is 0.533. The first-order valence-electron chi connectivity index (χ1n) is 6.78. The molecule has 0 radical (unpaired) electrons. The third-order valence-corrected chi connectivity index (χ3v) is 3.68. The summed E-state index contributed by atoms with van der Waals surface area (Å²) in [5, 5.41) is 0. The Kier molecular flexibility index (Phi) is 3.90. The SMILES string of the molecule is CCCCC(C)C(=O)N1Cc2ccc(N)cc2C1. The maximum atomic E-state index is 12.3. The van der Waals surface area contributed by atoms with Gasteiger partial charge >= 0.3 is 0 Å². The van der Waals surface area contributed by atoms with E-state index in [9.17, 15) is 4.79 Å². The van der Waals surface area contributed by atoms with Crippen molar-refractivity contribution in [3.05, 3.63) is 29.3 Å². The highest BCUT2D eigenvalue weighted by Crippen LogP contribution is 2.26. The molecule has 18 heavy (non-hydrogen) atoms. The molecule has 1 amide bonds. The lowest BCUT2D eigenvalue weighted by Crippen LogP contribution is -2.30. The largest absolute Gasteiger partial charge is 0.399 e. The van der Waals surface area contributed by atoms with Crippen LogP contribution in [0.1, 0.15) is 44.2 Å². The molecular weight excluding hydrogens is 224 g/mol. The van der Waals surface area contributed by atoms with Gasteiger partial charge in [-0.2, -0.15) is 0 Å². The lowest BCUT2D eigenvalue weighted by atomic mass is 10.0. The van der Waals surface area contributed by atoms with Crippen molar-refractivity contribution in [2.75, 3.05) is 5.73 Å². The minimum atomic E-state index is 0.136. The van der Waals surface area contributed by atoms with Crippen molar-refractivity contribution in [3.63, 3.8) is 0 Å². The molecule has 0 bridgehead atoms. The Balaban J connectivity index is 2.00. The van der Waals surface area contributed by atoms with Gasteiger partial charge in [0.15, 0.2) is 0 Å². The van der Waals surface area contributed by atoms with Crippen molar-refractivity contribution in [2.24, 2.45) is 5.92 Å². The number of rotatable bonds is 4. The topological polar surface area (TPSA) is 46.3 Å². The standard InChI is InChI=1S/C15H22N2O/c1-3-4-5-11(2)15(18)17-9-12-6-7-14(16)8-13(12)10-17/h6-8,11H,3-5,9-10,16H2,1-2H3. The molecule has 1 aliphatic rings. The third-order valence-electron chi connectivity index (χ3n) is 3.68. The van der Waals surface area contributed by atoms with E-state index in [0.717, 1.165) is 38.0 Å². The molecule has 1 aliphatic heterocycles. The van der Waals surface area contributed by atoms with Crippen LogP contribution in [0.2, 0.25) is 0 Å². The number of benzene rings is 1. The number of nitrogens with two attached hydrogens (primary N) is 1. The van der Waals surface area contributed by atoms with Crippen LogP contribution in [0.15, 0.2) is 18.2 Å². The lowest BCUT2D eigenvalue weighted by molar-refractivity contribution is -0.135. The first kappa shape index (κ1) is 12.9. The molecule has 1 aromatic carbocycles. The van der Waals surface area contributed by atoms with E-state index in [2.05, 4.69) is 6.92 Å². The molecule has 0 saturated carbocycles. The summed E-state index contributed by atoms with van der Waals surface area (Å²) in [5.74, 6) is 0.412. The summed E-state index contributed by atoms with van der Waals surface area (Å²) >= 11 is 0. The van der Waals surface area contributed by atoms with E-state index in [-0.39, 0.29) is 11.8 Å². The summed E-state index contributed by atoms with van der Waals surface area (Å²) in [6.45, 7) is 5.65. The van der Waals surface area contributed by atoms with Gasteiger partial charge in [0.25, 0.3) is 0 Å². The molecule has 1 atom stereocenters. The monoisotopic (exact) mass is 246 g/mol. The minimum Gasteiger partial charge on any atom is -0.399 e. The number of unbranched alkanes of at least 4 members (excludes halogenated alkanes) is 1. The Morgan fingerprint density at radius 3 is 2.83 bits per heavy atom. The summed E-state index contributed by atoms with van der Waals surface area (Å²) in [7, 11) is 0. The van der Waals surface area contributed by atoms with Gasteiger partial charge in [-0.05, 0) is 29.7 Å². The maximum absolute atomic E-state index is 12.3. The number of amides is 1. The van der Waals surface area contributed by atoms with Crippen LogP contribution in [0.4, 0.5) is 5.69 Å². The molecule has 1 heterocycles. The van der Waals surface area contributed by atoms with Crippen LogP contribution in [0, 0.1) is 5.92 Å². The van der Waals surface area contributed by atoms with Gasteiger partial charge in [-0.3, -0.25) is 4.79 Å². The number of nitrogens with zero attached hydrogens (tertiary/aromatic N) is 1. The fourth-order valence-corrected chi connectivity index (χ4v) is 2.52. The number of fused-ring (bicyclic) bond motifs is 1. The van der Waals surface area contributed by atoms with Crippen LogP contribution in [0.25, 0.3) is 0 Å². The van der Waals surface area contributed by atoms with Gasteiger partial charge in [-0.1, -0.05) is 32.8 Å². The average molecular weight is 246 g/mol. The van der Waals surface area contributed by atoms with Crippen molar-refractivity contribution in [2.45, 2.75) is 46.2 Å². The van der Waals surface area contributed by atoms with Gasteiger partial charge in [0, 0.05) is 24.7 Å². The van der Waals surface area contributed by atoms with Gasteiger partial charge in [0.2, 0.25) is 5.91 Å². The van der Waals surface area contributed by atoms with E-state index in [1.54, 1.807) is 0 Å². The Bertz CT molecular complexity index is 442. The summed E-state index contributed by atoms with van der Waals surface area (Å²) in [6.07, 6.45) is 3.26. The van der Waals surface area contributed by atoms with Crippen molar-refractivity contribution < 1.29 is 4.79 Å². The molecule has 3 heteroatoms. The molecule has 1 unspecified atom stereocenters. The van der Waals surface area contributed by atoms with Crippen LogP contribution in [-0.4, -0.2) is 10.8 Å². The number of hydrogen-bond acceptors (Lipinski definition) is 2. The zero-order chi connectivity index (χ0) is 13.1. The van der Waals surface area contributed by atoms with Crippen LogP contribution in [-0.2, 0) is 17.9 Å². The summed E-state index contributed by atoms with van der Waals surface area (Å²) in [4.78, 5) is 14.2. The molecule has 2 rings (SSSR count). The van der Waals surface area contributed by atoms with E-state index >= 15 is 0 Å².